The molecule has 7 nitrogen and oxygen atoms in total. The minimum absolute atomic E-state index is 0.0958. The molecule has 3 heterocycles. The van der Waals surface area contributed by atoms with Gasteiger partial charge in [0.25, 0.3) is 5.91 Å². The van der Waals surface area contributed by atoms with E-state index in [1.54, 1.807) is 0 Å². The first-order chi connectivity index (χ1) is 9.11. The van der Waals surface area contributed by atoms with E-state index in [4.69, 9.17) is 0 Å². The normalized spacial score (nSPS) is 26.0. The summed E-state index contributed by atoms with van der Waals surface area (Å²) in [5.74, 6) is -0.0417. The summed E-state index contributed by atoms with van der Waals surface area (Å²) in [5.41, 5.74) is -0.688. The van der Waals surface area contributed by atoms with Gasteiger partial charge in [-0.3, -0.25) is 24.3 Å². The molecule has 0 aliphatic carbocycles. The topological polar surface area (TPSA) is 90.9 Å². The standard InChI is InChI=1S/C12H16N4O3/c17-9-1-2-10(18)16(9)7-8-14-11(19)12(15-8)3-5-13-6-4-12/h13H,1-7H2,(H,14,15,19). The van der Waals surface area contributed by atoms with Crippen LogP contribution in [0.3, 0.4) is 0 Å². The Bertz CT molecular complexity index is 463. The molecule has 2 fully saturated rings. The molecule has 3 amide bonds. The van der Waals surface area contributed by atoms with E-state index >= 15 is 0 Å². The number of rotatable bonds is 2. The summed E-state index contributed by atoms with van der Waals surface area (Å²) >= 11 is 0. The third-order valence-electron chi connectivity index (χ3n) is 3.92. The highest BCUT2D eigenvalue weighted by molar-refractivity contribution is 6.12. The first-order valence-electron chi connectivity index (χ1n) is 6.55. The van der Waals surface area contributed by atoms with Crippen LogP contribution in [0, 0.1) is 0 Å². The van der Waals surface area contributed by atoms with E-state index in [0.717, 1.165) is 13.1 Å². The zero-order chi connectivity index (χ0) is 13.5. The van der Waals surface area contributed by atoms with Crippen LogP contribution in [0.2, 0.25) is 0 Å². The van der Waals surface area contributed by atoms with Gasteiger partial charge in [0.15, 0.2) is 0 Å². The number of piperidine rings is 1. The maximum absolute atomic E-state index is 12.1. The first-order valence-corrected chi connectivity index (χ1v) is 6.55. The molecule has 3 aliphatic heterocycles. The molecule has 0 atom stereocenters. The summed E-state index contributed by atoms with van der Waals surface area (Å²) < 4.78 is 0. The lowest BCUT2D eigenvalue weighted by Crippen LogP contribution is -2.47. The van der Waals surface area contributed by atoms with Crippen LogP contribution in [0.5, 0.6) is 0 Å². The Morgan fingerprint density at radius 1 is 1.11 bits per heavy atom. The van der Waals surface area contributed by atoms with Crippen LogP contribution in [0.15, 0.2) is 4.99 Å². The average Bonchev–Trinajstić information content (AvgIpc) is 2.86. The van der Waals surface area contributed by atoms with Crippen LogP contribution in [-0.4, -0.2) is 53.6 Å². The van der Waals surface area contributed by atoms with Crippen molar-refractivity contribution in [2.24, 2.45) is 4.99 Å². The van der Waals surface area contributed by atoms with Gasteiger partial charge in [0.2, 0.25) is 11.8 Å². The van der Waals surface area contributed by atoms with Crippen LogP contribution >= 0.6 is 0 Å². The number of nitrogens with zero attached hydrogens (tertiary/aromatic N) is 2. The van der Waals surface area contributed by atoms with Gasteiger partial charge in [0.1, 0.15) is 11.4 Å². The molecule has 3 rings (SSSR count). The second-order valence-corrected chi connectivity index (χ2v) is 5.17. The molecule has 102 valence electrons. The van der Waals surface area contributed by atoms with Gasteiger partial charge in [0.05, 0.1) is 6.54 Å². The number of hydrogen-bond acceptors (Lipinski definition) is 5. The molecular formula is C12H16N4O3. The Kier molecular flexibility index (Phi) is 2.85. The summed E-state index contributed by atoms with van der Waals surface area (Å²) in [7, 11) is 0. The average molecular weight is 264 g/mol. The number of amides is 3. The Morgan fingerprint density at radius 3 is 2.37 bits per heavy atom. The van der Waals surface area contributed by atoms with E-state index in [1.807, 2.05) is 0 Å². The lowest BCUT2D eigenvalue weighted by atomic mass is 9.89. The lowest BCUT2D eigenvalue weighted by Gasteiger charge is -2.28. The van der Waals surface area contributed by atoms with E-state index in [2.05, 4.69) is 15.6 Å². The number of amidine groups is 1. The van der Waals surface area contributed by atoms with Crippen molar-refractivity contribution in [1.29, 1.82) is 0 Å². The number of hydrogen-bond donors (Lipinski definition) is 2. The molecule has 0 aromatic carbocycles. The molecule has 3 aliphatic rings. The molecule has 0 saturated carbocycles. The molecule has 0 radical (unpaired) electrons. The van der Waals surface area contributed by atoms with Crippen LogP contribution in [0.1, 0.15) is 25.7 Å². The maximum atomic E-state index is 12.1. The fourth-order valence-electron chi connectivity index (χ4n) is 2.79. The molecule has 0 bridgehead atoms. The van der Waals surface area contributed by atoms with Gasteiger partial charge in [-0.25, -0.2) is 0 Å². The fraction of sp³-hybridized carbons (Fsp3) is 0.667. The van der Waals surface area contributed by atoms with E-state index in [1.165, 1.54) is 4.90 Å². The van der Waals surface area contributed by atoms with Gasteiger partial charge in [-0.15, -0.1) is 0 Å². The van der Waals surface area contributed by atoms with Crippen LogP contribution in [0.25, 0.3) is 0 Å². The fourth-order valence-corrected chi connectivity index (χ4v) is 2.79. The molecular weight excluding hydrogens is 248 g/mol. The minimum atomic E-state index is -0.688. The van der Waals surface area contributed by atoms with Gasteiger partial charge in [-0.1, -0.05) is 0 Å². The molecule has 0 aromatic rings. The monoisotopic (exact) mass is 264 g/mol. The van der Waals surface area contributed by atoms with E-state index < -0.39 is 5.54 Å². The van der Waals surface area contributed by atoms with Gasteiger partial charge < -0.3 is 10.6 Å². The lowest BCUT2D eigenvalue weighted by molar-refractivity contribution is -0.137. The van der Waals surface area contributed by atoms with Crippen molar-refractivity contribution < 1.29 is 14.4 Å². The molecule has 7 heteroatoms. The van der Waals surface area contributed by atoms with Crippen LogP contribution in [0.4, 0.5) is 0 Å². The summed E-state index contributed by atoms with van der Waals surface area (Å²) in [6.45, 7) is 1.61. The van der Waals surface area contributed by atoms with Crippen molar-refractivity contribution in [2.75, 3.05) is 19.6 Å². The van der Waals surface area contributed by atoms with Gasteiger partial charge in [0, 0.05) is 12.8 Å². The van der Waals surface area contributed by atoms with Crippen LogP contribution in [-0.2, 0) is 14.4 Å². The number of carbonyl (C=O) groups is 3. The maximum Gasteiger partial charge on any atom is 0.253 e. The van der Waals surface area contributed by atoms with Crippen molar-refractivity contribution in [2.45, 2.75) is 31.2 Å². The predicted molar refractivity (Wildman–Crippen MR) is 66.4 cm³/mol. The largest absolute Gasteiger partial charge is 0.317 e. The number of carbonyl (C=O) groups excluding carboxylic acids is 3. The van der Waals surface area contributed by atoms with Crippen molar-refractivity contribution in [3.8, 4) is 0 Å². The highest BCUT2D eigenvalue weighted by atomic mass is 16.2. The van der Waals surface area contributed by atoms with Gasteiger partial charge >= 0.3 is 0 Å². The zero-order valence-corrected chi connectivity index (χ0v) is 10.6. The molecule has 2 saturated heterocycles. The quantitative estimate of drug-likeness (QED) is 0.612. The van der Waals surface area contributed by atoms with Crippen molar-refractivity contribution in [3.05, 3.63) is 0 Å². The van der Waals surface area contributed by atoms with Crippen molar-refractivity contribution in [1.82, 2.24) is 15.5 Å². The summed E-state index contributed by atoms with van der Waals surface area (Å²) in [6.07, 6.45) is 1.83. The predicted octanol–water partition coefficient (Wildman–Crippen LogP) is -1.21. The number of nitrogens with one attached hydrogen (secondary N) is 2. The molecule has 19 heavy (non-hydrogen) atoms. The smallest absolute Gasteiger partial charge is 0.253 e. The first kappa shape index (κ1) is 12.3. The zero-order valence-electron chi connectivity index (χ0n) is 10.6. The van der Waals surface area contributed by atoms with Gasteiger partial charge in [-0.2, -0.15) is 0 Å². The number of imide groups is 1. The van der Waals surface area contributed by atoms with E-state index in [9.17, 15) is 14.4 Å². The second-order valence-electron chi connectivity index (χ2n) is 5.17. The molecule has 2 N–H and O–H groups in total. The summed E-state index contributed by atoms with van der Waals surface area (Å²) in [4.78, 5) is 40.8. The van der Waals surface area contributed by atoms with E-state index in [-0.39, 0.29) is 37.1 Å². The third kappa shape index (κ3) is 2.03. The Hall–Kier alpha value is -1.76. The Balaban J connectivity index is 1.75. The molecule has 0 unspecified atom stereocenters. The highest BCUT2D eigenvalue weighted by Gasteiger charge is 2.45. The number of likely N-dealkylation sites (tertiary alicyclic amines) is 1. The van der Waals surface area contributed by atoms with Crippen molar-refractivity contribution >= 4 is 23.6 Å². The van der Waals surface area contributed by atoms with E-state index in [0.29, 0.717) is 18.7 Å². The Labute approximate surface area is 110 Å². The third-order valence-corrected chi connectivity index (χ3v) is 3.92. The minimum Gasteiger partial charge on any atom is -0.317 e. The Morgan fingerprint density at radius 2 is 1.74 bits per heavy atom. The highest BCUT2D eigenvalue weighted by Crippen LogP contribution is 2.27. The number of aliphatic imine (C=N–C) groups is 1. The van der Waals surface area contributed by atoms with Crippen molar-refractivity contribution in [3.63, 3.8) is 0 Å². The molecule has 1 spiro atoms. The summed E-state index contributed by atoms with van der Waals surface area (Å²) in [6, 6.07) is 0. The van der Waals surface area contributed by atoms with Gasteiger partial charge in [-0.05, 0) is 25.9 Å². The van der Waals surface area contributed by atoms with Crippen LogP contribution < -0.4 is 10.6 Å². The summed E-state index contributed by atoms with van der Waals surface area (Å²) in [5, 5.41) is 5.91. The second kappa shape index (κ2) is 4.41. The SMILES string of the molecule is O=C1CCC(=O)N1CC1=NC2(CCNCC2)C(=O)N1. The molecule has 0 aromatic heterocycles.